The fourth-order valence-corrected chi connectivity index (χ4v) is 2.93. The fourth-order valence-electron chi connectivity index (χ4n) is 2.16. The second kappa shape index (κ2) is 5.36. The van der Waals surface area contributed by atoms with Gasteiger partial charge >= 0.3 is 0 Å². The third-order valence-corrected chi connectivity index (χ3v) is 4.82. The van der Waals surface area contributed by atoms with Gasteiger partial charge in [0.1, 0.15) is 0 Å². The zero-order valence-electron chi connectivity index (χ0n) is 11.1. The van der Waals surface area contributed by atoms with Crippen molar-refractivity contribution in [2.24, 2.45) is 0 Å². The van der Waals surface area contributed by atoms with Crippen LogP contribution in [-0.2, 0) is 14.8 Å². The molecule has 0 amide bonds. The Morgan fingerprint density at radius 2 is 2.21 bits per heavy atom. The van der Waals surface area contributed by atoms with Gasteiger partial charge in [-0.15, -0.1) is 0 Å². The molecule has 1 aromatic rings. The molecule has 1 heterocycles. The van der Waals surface area contributed by atoms with E-state index >= 15 is 0 Å². The predicted octanol–water partition coefficient (Wildman–Crippen LogP) is 0.402. The third-order valence-electron chi connectivity index (χ3n) is 3.41. The lowest BCUT2D eigenvalue weighted by Gasteiger charge is -2.26. The summed E-state index contributed by atoms with van der Waals surface area (Å²) in [5, 5.41) is 0. The second-order valence-electron chi connectivity index (χ2n) is 4.56. The van der Waals surface area contributed by atoms with Crippen LogP contribution in [0, 0.1) is 0 Å². The summed E-state index contributed by atoms with van der Waals surface area (Å²) in [5.41, 5.74) is 7.24. The molecule has 1 aliphatic rings. The maximum Gasteiger partial charge on any atom is 0.240 e. The molecule has 0 radical (unpaired) electrons. The van der Waals surface area contributed by atoms with Crippen LogP contribution >= 0.6 is 0 Å². The molecule has 0 bridgehead atoms. The number of nitrogens with zero attached hydrogens (tertiary/aromatic N) is 1. The Kier molecular flexibility index (Phi) is 3.98. The van der Waals surface area contributed by atoms with E-state index in [0.29, 0.717) is 12.3 Å². The summed E-state index contributed by atoms with van der Waals surface area (Å²) in [7, 11) is -0.137. The number of hydrogen-bond donors (Lipinski definition) is 2. The van der Waals surface area contributed by atoms with E-state index in [1.807, 2.05) is 11.9 Å². The van der Waals surface area contributed by atoms with E-state index in [2.05, 4.69) is 4.72 Å². The molecule has 1 saturated heterocycles. The van der Waals surface area contributed by atoms with Gasteiger partial charge in [-0.25, -0.2) is 13.1 Å². The second-order valence-corrected chi connectivity index (χ2v) is 6.44. The van der Waals surface area contributed by atoms with E-state index in [1.165, 1.54) is 13.1 Å². The van der Waals surface area contributed by atoms with E-state index < -0.39 is 10.0 Å². The van der Waals surface area contributed by atoms with Crippen molar-refractivity contribution in [1.29, 1.82) is 0 Å². The standard InChI is InChI=1S/C12H19N3O3S/c1-14-19(16,17)10-3-4-12(11(13)7-10)15(2)9-5-6-18-8-9/h3-4,7,9,14H,5-6,8,13H2,1-2H3. The maximum atomic E-state index is 11.7. The van der Waals surface area contributed by atoms with Crippen molar-refractivity contribution in [3.63, 3.8) is 0 Å². The highest BCUT2D eigenvalue weighted by Gasteiger charge is 2.22. The van der Waals surface area contributed by atoms with Gasteiger partial charge in [-0.1, -0.05) is 0 Å². The number of sulfonamides is 1. The van der Waals surface area contributed by atoms with Crippen molar-refractivity contribution in [3.05, 3.63) is 18.2 Å². The van der Waals surface area contributed by atoms with Crippen LogP contribution in [0.4, 0.5) is 11.4 Å². The normalized spacial score (nSPS) is 19.6. The summed E-state index contributed by atoms with van der Waals surface area (Å²) in [6.07, 6.45) is 0.951. The fraction of sp³-hybridized carbons (Fsp3) is 0.500. The number of ether oxygens (including phenoxy) is 1. The molecule has 0 saturated carbocycles. The van der Waals surface area contributed by atoms with Crippen LogP contribution in [0.25, 0.3) is 0 Å². The highest BCUT2D eigenvalue weighted by Crippen LogP contribution is 2.28. The van der Waals surface area contributed by atoms with Crippen LogP contribution < -0.4 is 15.4 Å². The van der Waals surface area contributed by atoms with Gasteiger partial charge in [-0.05, 0) is 31.7 Å². The molecule has 1 fully saturated rings. The summed E-state index contributed by atoms with van der Waals surface area (Å²) in [5.74, 6) is 0. The summed E-state index contributed by atoms with van der Waals surface area (Å²) >= 11 is 0. The molecule has 1 aliphatic heterocycles. The van der Waals surface area contributed by atoms with Crippen molar-refractivity contribution in [2.75, 3.05) is 37.9 Å². The van der Waals surface area contributed by atoms with Crippen LogP contribution in [-0.4, -0.2) is 41.8 Å². The summed E-state index contributed by atoms with van der Waals surface area (Å²) < 4.78 is 31.0. The molecular formula is C12H19N3O3S. The highest BCUT2D eigenvalue weighted by atomic mass is 32.2. The topological polar surface area (TPSA) is 84.7 Å². The van der Waals surface area contributed by atoms with Crippen LogP contribution in [0.2, 0.25) is 0 Å². The maximum absolute atomic E-state index is 11.7. The van der Waals surface area contributed by atoms with Gasteiger partial charge < -0.3 is 15.4 Å². The number of nitrogens with one attached hydrogen (secondary N) is 1. The predicted molar refractivity (Wildman–Crippen MR) is 74.7 cm³/mol. The third kappa shape index (κ3) is 2.83. The van der Waals surface area contributed by atoms with E-state index in [4.69, 9.17) is 10.5 Å². The Hall–Kier alpha value is -1.31. The Morgan fingerprint density at radius 1 is 1.47 bits per heavy atom. The molecule has 7 heteroatoms. The zero-order valence-corrected chi connectivity index (χ0v) is 11.9. The van der Waals surface area contributed by atoms with Gasteiger partial charge in [0.25, 0.3) is 0 Å². The van der Waals surface area contributed by atoms with Gasteiger partial charge in [-0.2, -0.15) is 0 Å². The van der Waals surface area contributed by atoms with Gasteiger partial charge in [0, 0.05) is 13.7 Å². The summed E-state index contributed by atoms with van der Waals surface area (Å²) in [6.45, 7) is 1.42. The van der Waals surface area contributed by atoms with Crippen molar-refractivity contribution in [1.82, 2.24) is 4.72 Å². The number of hydrogen-bond acceptors (Lipinski definition) is 5. The van der Waals surface area contributed by atoms with Gasteiger partial charge in [0.2, 0.25) is 10.0 Å². The molecule has 0 aromatic heterocycles. The first-order chi connectivity index (χ1) is 8.95. The quantitative estimate of drug-likeness (QED) is 0.782. The van der Waals surface area contributed by atoms with Crippen molar-refractivity contribution < 1.29 is 13.2 Å². The van der Waals surface area contributed by atoms with Crippen molar-refractivity contribution >= 4 is 21.4 Å². The zero-order chi connectivity index (χ0) is 14.0. The van der Waals surface area contributed by atoms with Gasteiger partial charge in [0.15, 0.2) is 0 Å². The molecule has 2 rings (SSSR count). The number of anilines is 2. The molecular weight excluding hydrogens is 266 g/mol. The summed E-state index contributed by atoms with van der Waals surface area (Å²) in [6, 6.07) is 5.06. The first kappa shape index (κ1) is 14.1. The first-order valence-corrected chi connectivity index (χ1v) is 7.57. The Balaban J connectivity index is 2.29. The van der Waals surface area contributed by atoms with Crippen LogP contribution in [0.15, 0.2) is 23.1 Å². The van der Waals surface area contributed by atoms with E-state index in [9.17, 15) is 8.42 Å². The van der Waals surface area contributed by atoms with Crippen molar-refractivity contribution in [3.8, 4) is 0 Å². The van der Waals surface area contributed by atoms with Crippen LogP contribution in [0.1, 0.15) is 6.42 Å². The average molecular weight is 285 g/mol. The molecule has 1 aromatic carbocycles. The molecule has 19 heavy (non-hydrogen) atoms. The molecule has 0 aliphatic carbocycles. The number of likely N-dealkylation sites (N-methyl/N-ethyl adjacent to an activating group) is 1. The average Bonchev–Trinajstić information content (AvgIpc) is 2.91. The lowest BCUT2D eigenvalue weighted by Crippen LogP contribution is -2.32. The van der Waals surface area contributed by atoms with Gasteiger partial charge in [0.05, 0.1) is 28.9 Å². The Morgan fingerprint density at radius 3 is 2.74 bits per heavy atom. The number of nitrogen functional groups attached to an aromatic ring is 1. The van der Waals surface area contributed by atoms with Gasteiger partial charge in [-0.3, -0.25) is 0 Å². The number of rotatable bonds is 4. The lowest BCUT2D eigenvalue weighted by molar-refractivity contribution is 0.193. The van der Waals surface area contributed by atoms with E-state index in [1.54, 1.807) is 12.1 Å². The molecule has 1 unspecified atom stereocenters. The molecule has 0 spiro atoms. The molecule has 6 nitrogen and oxygen atoms in total. The largest absolute Gasteiger partial charge is 0.397 e. The molecule has 1 atom stereocenters. The minimum absolute atomic E-state index is 0.173. The smallest absolute Gasteiger partial charge is 0.240 e. The lowest BCUT2D eigenvalue weighted by atomic mass is 10.2. The summed E-state index contributed by atoms with van der Waals surface area (Å²) in [4.78, 5) is 2.21. The monoisotopic (exact) mass is 285 g/mol. The Labute approximate surface area is 113 Å². The van der Waals surface area contributed by atoms with Crippen LogP contribution in [0.3, 0.4) is 0 Å². The SMILES string of the molecule is CNS(=O)(=O)c1ccc(N(C)C2CCOC2)c(N)c1. The minimum atomic E-state index is -3.46. The number of benzene rings is 1. The molecule has 106 valence electrons. The van der Waals surface area contributed by atoms with E-state index in [0.717, 1.165) is 18.7 Å². The number of nitrogens with two attached hydrogens (primary N) is 1. The van der Waals surface area contributed by atoms with E-state index in [-0.39, 0.29) is 10.9 Å². The van der Waals surface area contributed by atoms with Crippen molar-refractivity contribution in [2.45, 2.75) is 17.4 Å². The first-order valence-electron chi connectivity index (χ1n) is 6.09. The molecule has 3 N–H and O–H groups in total. The minimum Gasteiger partial charge on any atom is -0.397 e. The Bertz CT molecular complexity index is 553. The van der Waals surface area contributed by atoms with Crippen LogP contribution in [0.5, 0.6) is 0 Å². The highest BCUT2D eigenvalue weighted by molar-refractivity contribution is 7.89.